The van der Waals surface area contributed by atoms with Crippen LogP contribution in [-0.2, 0) is 11.3 Å². The van der Waals surface area contributed by atoms with E-state index < -0.39 is 5.82 Å². The van der Waals surface area contributed by atoms with Gasteiger partial charge in [0.15, 0.2) is 5.65 Å². The van der Waals surface area contributed by atoms with Crippen molar-refractivity contribution in [3.05, 3.63) is 90.3 Å². The van der Waals surface area contributed by atoms with Gasteiger partial charge in [-0.25, -0.2) is 19.0 Å². The minimum absolute atomic E-state index is 0.208. The van der Waals surface area contributed by atoms with Gasteiger partial charge in [0.05, 0.1) is 36.0 Å². The molecule has 1 aliphatic heterocycles. The van der Waals surface area contributed by atoms with Crippen LogP contribution in [0.15, 0.2) is 73.3 Å². The van der Waals surface area contributed by atoms with E-state index in [1.54, 1.807) is 4.68 Å². The maximum absolute atomic E-state index is 14.3. The lowest BCUT2D eigenvalue weighted by atomic mass is 10.1. The molecule has 0 bridgehead atoms. The Kier molecular flexibility index (Phi) is 6.52. The van der Waals surface area contributed by atoms with Crippen molar-refractivity contribution in [2.45, 2.75) is 19.5 Å². The molecule has 1 fully saturated rings. The number of phenolic OH excluding ortho intramolecular Hbond substituents is 1. The molecule has 0 amide bonds. The monoisotopic (exact) mass is 564 g/mol. The molecule has 6 heterocycles. The van der Waals surface area contributed by atoms with Gasteiger partial charge in [-0.1, -0.05) is 12.1 Å². The number of benzene rings is 1. The van der Waals surface area contributed by atoms with E-state index in [4.69, 9.17) is 20.6 Å². The van der Waals surface area contributed by atoms with Crippen LogP contribution in [0.1, 0.15) is 24.1 Å². The number of aromatic nitrogens is 6. The molecular weight excluding hydrogens is 535 g/mol. The lowest BCUT2D eigenvalue weighted by Gasteiger charge is -2.26. The van der Waals surface area contributed by atoms with E-state index in [1.807, 2.05) is 31.5 Å². The highest BCUT2D eigenvalue weighted by molar-refractivity contribution is 5.98. The predicted molar refractivity (Wildman–Crippen MR) is 157 cm³/mol. The molecule has 42 heavy (non-hydrogen) atoms. The highest BCUT2D eigenvalue weighted by atomic mass is 19.1. The number of morpholine rings is 1. The number of nitrogens with two attached hydrogens (primary N) is 1. The Hall–Kier alpha value is -4.87. The standard InChI is InChI=1S/C31H29FN8O2/c1-19(40-31-27(30(33)35-18-36-31)28(37-40)21-12-22(32)14-24(41)13-21)25-15-23-4-2-3-7-39(23)29(25)26-6-5-20(16-34-26)17-38-8-10-42-11-9-38/h2-7,12-16,18-19,41H,8-11,17H2,1H3,(H2,33,35,36)/t19-/m0/s1. The summed E-state index contributed by atoms with van der Waals surface area (Å²) in [4.78, 5) is 16.0. The van der Waals surface area contributed by atoms with Gasteiger partial charge in [0.1, 0.15) is 29.4 Å². The molecule has 0 unspecified atom stereocenters. The molecule has 1 saturated heterocycles. The Morgan fingerprint density at radius 3 is 2.69 bits per heavy atom. The van der Waals surface area contributed by atoms with Crippen molar-refractivity contribution in [3.63, 3.8) is 0 Å². The molecule has 11 heteroatoms. The third kappa shape index (κ3) is 4.62. The number of fused-ring (bicyclic) bond motifs is 2. The van der Waals surface area contributed by atoms with E-state index in [1.165, 1.54) is 18.5 Å². The van der Waals surface area contributed by atoms with E-state index in [-0.39, 0.29) is 17.6 Å². The topological polar surface area (TPSA) is 120 Å². The van der Waals surface area contributed by atoms with Crippen LogP contribution in [0.25, 0.3) is 39.2 Å². The van der Waals surface area contributed by atoms with Crippen molar-refractivity contribution in [1.29, 1.82) is 0 Å². The Morgan fingerprint density at radius 1 is 1.05 bits per heavy atom. The molecule has 10 nitrogen and oxygen atoms in total. The van der Waals surface area contributed by atoms with Crippen molar-refractivity contribution in [1.82, 2.24) is 34.0 Å². The summed E-state index contributed by atoms with van der Waals surface area (Å²) < 4.78 is 23.7. The highest BCUT2D eigenvalue weighted by Gasteiger charge is 2.25. The number of aromatic hydroxyl groups is 1. The molecule has 1 aromatic carbocycles. The number of hydrogen-bond acceptors (Lipinski definition) is 8. The summed E-state index contributed by atoms with van der Waals surface area (Å²) in [7, 11) is 0. The molecule has 212 valence electrons. The second-order valence-electron chi connectivity index (χ2n) is 10.5. The minimum Gasteiger partial charge on any atom is -0.508 e. The number of phenols is 1. The first kappa shape index (κ1) is 26.1. The molecule has 5 aromatic heterocycles. The second-order valence-corrected chi connectivity index (χ2v) is 10.5. The van der Waals surface area contributed by atoms with Gasteiger partial charge in [-0.2, -0.15) is 5.10 Å². The van der Waals surface area contributed by atoms with Gasteiger partial charge < -0.3 is 20.0 Å². The molecule has 0 aliphatic carbocycles. The summed E-state index contributed by atoms with van der Waals surface area (Å²) in [5, 5.41) is 15.5. The largest absolute Gasteiger partial charge is 0.508 e. The van der Waals surface area contributed by atoms with Gasteiger partial charge in [0.2, 0.25) is 0 Å². The zero-order valence-corrected chi connectivity index (χ0v) is 23.0. The number of anilines is 1. The first-order valence-corrected chi connectivity index (χ1v) is 13.8. The minimum atomic E-state index is -0.583. The molecular formula is C31H29FN8O2. The van der Waals surface area contributed by atoms with Crippen molar-refractivity contribution in [3.8, 4) is 28.4 Å². The number of nitrogen functional groups attached to an aromatic ring is 1. The Labute approximate surface area is 240 Å². The van der Waals surface area contributed by atoms with Gasteiger partial charge in [0.25, 0.3) is 0 Å². The first-order chi connectivity index (χ1) is 20.5. The Morgan fingerprint density at radius 2 is 1.90 bits per heavy atom. The maximum atomic E-state index is 14.3. The molecule has 3 N–H and O–H groups in total. The van der Waals surface area contributed by atoms with E-state index in [0.29, 0.717) is 22.3 Å². The SMILES string of the molecule is C[C@@H](c1cc2ccccn2c1-c1ccc(CN2CCOCC2)cn1)n1nc(-c2cc(O)cc(F)c2)c2c(N)ncnc21. The van der Waals surface area contributed by atoms with E-state index in [0.717, 1.165) is 66.9 Å². The van der Waals surface area contributed by atoms with Gasteiger partial charge >= 0.3 is 0 Å². The number of halogens is 1. The van der Waals surface area contributed by atoms with Gasteiger partial charge in [-0.3, -0.25) is 9.88 Å². The van der Waals surface area contributed by atoms with Crippen LogP contribution in [-0.4, -0.2) is 65.4 Å². The van der Waals surface area contributed by atoms with Crippen LogP contribution in [0.3, 0.4) is 0 Å². The van der Waals surface area contributed by atoms with E-state index in [2.05, 4.69) is 43.5 Å². The van der Waals surface area contributed by atoms with Crippen molar-refractivity contribution >= 4 is 22.4 Å². The van der Waals surface area contributed by atoms with E-state index in [9.17, 15) is 9.50 Å². The zero-order chi connectivity index (χ0) is 28.8. The van der Waals surface area contributed by atoms with Gasteiger partial charge in [-0.15, -0.1) is 0 Å². The maximum Gasteiger partial charge on any atom is 0.164 e. The zero-order valence-electron chi connectivity index (χ0n) is 23.0. The molecule has 1 atom stereocenters. The fourth-order valence-electron chi connectivity index (χ4n) is 5.72. The summed E-state index contributed by atoms with van der Waals surface area (Å²) in [5.41, 5.74) is 12.5. The van der Waals surface area contributed by atoms with Crippen LogP contribution >= 0.6 is 0 Å². The Bertz CT molecular complexity index is 1890. The molecule has 0 radical (unpaired) electrons. The summed E-state index contributed by atoms with van der Waals surface area (Å²) >= 11 is 0. The predicted octanol–water partition coefficient (Wildman–Crippen LogP) is 4.68. The smallest absolute Gasteiger partial charge is 0.164 e. The number of hydrogen-bond donors (Lipinski definition) is 2. The summed E-state index contributed by atoms with van der Waals surface area (Å²) in [6.07, 6.45) is 5.35. The normalized spacial score (nSPS) is 15.0. The van der Waals surface area contributed by atoms with E-state index >= 15 is 0 Å². The molecule has 0 saturated carbocycles. The fraction of sp³-hybridized carbons (Fsp3) is 0.226. The third-order valence-corrected chi connectivity index (χ3v) is 7.78. The number of pyridine rings is 2. The average Bonchev–Trinajstić information content (AvgIpc) is 3.58. The average molecular weight is 565 g/mol. The summed E-state index contributed by atoms with van der Waals surface area (Å²) in [6.45, 7) is 6.19. The fourth-order valence-corrected chi connectivity index (χ4v) is 5.72. The first-order valence-electron chi connectivity index (χ1n) is 13.8. The number of ether oxygens (including phenoxy) is 1. The van der Waals surface area contributed by atoms with Crippen molar-refractivity contribution < 1.29 is 14.2 Å². The lowest BCUT2D eigenvalue weighted by molar-refractivity contribution is 0.0341. The number of rotatable bonds is 6. The highest BCUT2D eigenvalue weighted by Crippen LogP contribution is 2.38. The molecule has 7 rings (SSSR count). The number of nitrogens with zero attached hydrogens (tertiary/aromatic N) is 7. The van der Waals surface area contributed by atoms with Crippen LogP contribution in [0.5, 0.6) is 5.75 Å². The van der Waals surface area contributed by atoms with Crippen LogP contribution in [0.4, 0.5) is 10.2 Å². The van der Waals surface area contributed by atoms with Crippen LogP contribution < -0.4 is 5.73 Å². The Balaban J connectivity index is 1.34. The lowest BCUT2D eigenvalue weighted by Crippen LogP contribution is -2.35. The summed E-state index contributed by atoms with van der Waals surface area (Å²) in [5.74, 6) is -0.572. The van der Waals surface area contributed by atoms with Gasteiger partial charge in [0, 0.05) is 54.7 Å². The van der Waals surface area contributed by atoms with Crippen LogP contribution in [0.2, 0.25) is 0 Å². The molecule has 0 spiro atoms. The molecule has 1 aliphatic rings. The van der Waals surface area contributed by atoms with Crippen molar-refractivity contribution in [2.24, 2.45) is 0 Å². The van der Waals surface area contributed by atoms with Crippen molar-refractivity contribution in [2.75, 3.05) is 32.0 Å². The third-order valence-electron chi connectivity index (χ3n) is 7.78. The summed E-state index contributed by atoms with van der Waals surface area (Å²) in [6, 6.07) is 15.8. The molecule has 6 aromatic rings. The second kappa shape index (κ2) is 10.5. The van der Waals surface area contributed by atoms with Gasteiger partial charge in [-0.05, 0) is 48.9 Å². The quantitative estimate of drug-likeness (QED) is 0.299. The van der Waals surface area contributed by atoms with Crippen LogP contribution in [0, 0.1) is 5.82 Å².